The number of rotatable bonds is 4. The lowest BCUT2D eigenvalue weighted by atomic mass is 9.53. The van der Waals surface area contributed by atoms with Crippen molar-refractivity contribution in [2.24, 2.45) is 17.8 Å². The van der Waals surface area contributed by atoms with Crippen molar-refractivity contribution in [2.75, 3.05) is 5.75 Å². The molecule has 0 unspecified atom stereocenters. The molecule has 0 atom stereocenters. The van der Waals surface area contributed by atoms with Gasteiger partial charge in [-0.1, -0.05) is 36.0 Å². The van der Waals surface area contributed by atoms with Gasteiger partial charge in [-0.2, -0.15) is 0 Å². The van der Waals surface area contributed by atoms with E-state index in [1.165, 1.54) is 38.5 Å². The second-order valence-corrected chi connectivity index (χ2v) is 9.37. The number of para-hydroxylation sites is 1. The van der Waals surface area contributed by atoms with Gasteiger partial charge in [-0.3, -0.25) is 4.79 Å². The second kappa shape index (κ2) is 6.01. The van der Waals surface area contributed by atoms with Gasteiger partial charge in [0, 0.05) is 10.9 Å². The largest absolute Gasteiger partial charge is 0.350 e. The van der Waals surface area contributed by atoms with Crippen LogP contribution < -0.4 is 5.32 Å². The van der Waals surface area contributed by atoms with E-state index in [0.717, 1.165) is 33.7 Å². The molecule has 2 aromatic rings. The Morgan fingerprint density at radius 1 is 1.04 bits per heavy atom. The van der Waals surface area contributed by atoms with Gasteiger partial charge in [0.25, 0.3) is 0 Å². The van der Waals surface area contributed by atoms with E-state index in [9.17, 15) is 4.79 Å². The topological polar surface area (TPSA) is 42.0 Å². The third-order valence-electron chi connectivity index (χ3n) is 6.37. The fourth-order valence-corrected chi connectivity index (χ4v) is 6.54. The number of amides is 1. The smallest absolute Gasteiger partial charge is 0.230 e. The average molecular weight is 353 g/mol. The maximum absolute atomic E-state index is 12.6. The summed E-state index contributed by atoms with van der Waals surface area (Å²) in [6.45, 7) is 0. The predicted octanol–water partition coefficient (Wildman–Crippen LogP) is 4.41. The van der Waals surface area contributed by atoms with E-state index in [4.69, 9.17) is 0 Å². The minimum Gasteiger partial charge on any atom is -0.350 e. The SMILES string of the molecule is O=C(CSc1ccc2ccccc2n1)NC12CC3CC(CC(C3)C1)C2. The van der Waals surface area contributed by atoms with E-state index in [2.05, 4.69) is 22.4 Å². The number of nitrogens with one attached hydrogen (secondary N) is 1. The number of aromatic nitrogens is 1. The highest BCUT2D eigenvalue weighted by Crippen LogP contribution is 2.55. The van der Waals surface area contributed by atoms with E-state index in [1.807, 2.05) is 24.3 Å². The molecule has 4 saturated carbocycles. The number of benzene rings is 1. The average Bonchev–Trinajstić information content (AvgIpc) is 2.58. The molecular weight excluding hydrogens is 328 g/mol. The van der Waals surface area contributed by atoms with E-state index in [-0.39, 0.29) is 11.4 Å². The number of nitrogens with zero attached hydrogens (tertiary/aromatic N) is 1. The summed E-state index contributed by atoms with van der Waals surface area (Å²) in [6.07, 6.45) is 7.86. The summed E-state index contributed by atoms with van der Waals surface area (Å²) >= 11 is 1.55. The van der Waals surface area contributed by atoms with Crippen LogP contribution in [0, 0.1) is 17.8 Å². The van der Waals surface area contributed by atoms with Gasteiger partial charge in [-0.05, 0) is 68.4 Å². The Balaban J connectivity index is 1.23. The van der Waals surface area contributed by atoms with Crippen molar-refractivity contribution in [3.05, 3.63) is 36.4 Å². The number of carbonyl (C=O) groups excluding carboxylic acids is 1. The van der Waals surface area contributed by atoms with Gasteiger partial charge < -0.3 is 5.32 Å². The summed E-state index contributed by atoms with van der Waals surface area (Å²) < 4.78 is 0. The highest BCUT2D eigenvalue weighted by molar-refractivity contribution is 7.99. The van der Waals surface area contributed by atoms with Gasteiger partial charge in [0.05, 0.1) is 16.3 Å². The molecule has 0 saturated heterocycles. The number of pyridine rings is 1. The summed E-state index contributed by atoms with van der Waals surface area (Å²) in [6, 6.07) is 12.2. The Bertz CT molecular complexity index is 783. The maximum atomic E-state index is 12.6. The first-order valence-corrected chi connectivity index (χ1v) is 10.5. The molecule has 1 N–H and O–H groups in total. The molecule has 4 aliphatic carbocycles. The van der Waals surface area contributed by atoms with Crippen molar-refractivity contribution < 1.29 is 4.79 Å². The van der Waals surface area contributed by atoms with Crippen LogP contribution in [0.25, 0.3) is 10.9 Å². The molecule has 3 nitrogen and oxygen atoms in total. The normalized spacial score (nSPS) is 32.9. The van der Waals surface area contributed by atoms with Crippen molar-refractivity contribution in [2.45, 2.75) is 49.1 Å². The molecule has 4 fully saturated rings. The molecule has 0 spiro atoms. The van der Waals surface area contributed by atoms with Crippen molar-refractivity contribution in [3.8, 4) is 0 Å². The van der Waals surface area contributed by atoms with Crippen molar-refractivity contribution in [1.29, 1.82) is 0 Å². The van der Waals surface area contributed by atoms with Crippen molar-refractivity contribution in [1.82, 2.24) is 10.3 Å². The zero-order valence-electron chi connectivity index (χ0n) is 14.4. The van der Waals surface area contributed by atoms with Crippen LogP contribution in [-0.4, -0.2) is 22.2 Å². The number of carbonyl (C=O) groups is 1. The van der Waals surface area contributed by atoms with Crippen LogP contribution in [0.5, 0.6) is 0 Å². The summed E-state index contributed by atoms with van der Waals surface area (Å²) in [5, 5.41) is 5.52. The van der Waals surface area contributed by atoms with E-state index in [0.29, 0.717) is 5.75 Å². The molecule has 1 aromatic heterocycles. The number of hydrogen-bond acceptors (Lipinski definition) is 3. The fraction of sp³-hybridized carbons (Fsp3) is 0.524. The molecule has 130 valence electrons. The first kappa shape index (κ1) is 15.7. The molecule has 6 rings (SSSR count). The quantitative estimate of drug-likeness (QED) is 0.829. The lowest BCUT2D eigenvalue weighted by molar-refractivity contribution is -0.124. The fourth-order valence-electron chi connectivity index (χ4n) is 5.86. The molecule has 1 heterocycles. The van der Waals surface area contributed by atoms with Crippen molar-refractivity contribution in [3.63, 3.8) is 0 Å². The van der Waals surface area contributed by atoms with E-state index >= 15 is 0 Å². The molecule has 25 heavy (non-hydrogen) atoms. The summed E-state index contributed by atoms with van der Waals surface area (Å²) in [4.78, 5) is 17.3. The van der Waals surface area contributed by atoms with E-state index in [1.54, 1.807) is 11.8 Å². The molecule has 4 aliphatic rings. The number of fused-ring (bicyclic) bond motifs is 1. The molecule has 4 heteroatoms. The van der Waals surface area contributed by atoms with Crippen LogP contribution in [0.1, 0.15) is 38.5 Å². The second-order valence-electron chi connectivity index (χ2n) is 8.38. The Morgan fingerprint density at radius 2 is 1.72 bits per heavy atom. The van der Waals surface area contributed by atoms with Gasteiger partial charge in [0.15, 0.2) is 0 Å². The monoisotopic (exact) mass is 352 g/mol. The molecule has 0 radical (unpaired) electrons. The zero-order chi connectivity index (χ0) is 16.9. The molecule has 1 amide bonds. The molecule has 1 aromatic carbocycles. The van der Waals surface area contributed by atoms with Crippen LogP contribution in [0.2, 0.25) is 0 Å². The van der Waals surface area contributed by atoms with E-state index < -0.39 is 0 Å². The highest BCUT2D eigenvalue weighted by Gasteiger charge is 2.51. The number of hydrogen-bond donors (Lipinski definition) is 1. The molecule has 4 bridgehead atoms. The van der Waals surface area contributed by atoms with Crippen LogP contribution >= 0.6 is 11.8 Å². The molecular formula is C21H24N2OS. The maximum Gasteiger partial charge on any atom is 0.230 e. The minimum absolute atomic E-state index is 0.114. The summed E-state index contributed by atoms with van der Waals surface area (Å²) in [5.41, 5.74) is 1.11. The van der Waals surface area contributed by atoms with Gasteiger partial charge in [0.2, 0.25) is 5.91 Å². The Kier molecular flexibility index (Phi) is 3.77. The minimum atomic E-state index is 0.114. The van der Waals surface area contributed by atoms with Crippen LogP contribution in [0.4, 0.5) is 0 Å². The number of thioether (sulfide) groups is 1. The van der Waals surface area contributed by atoms with Gasteiger partial charge in [-0.15, -0.1) is 0 Å². The summed E-state index contributed by atoms with van der Waals surface area (Å²) in [7, 11) is 0. The predicted molar refractivity (Wildman–Crippen MR) is 102 cm³/mol. The van der Waals surface area contributed by atoms with Gasteiger partial charge in [-0.25, -0.2) is 4.98 Å². The molecule has 0 aliphatic heterocycles. The lowest BCUT2D eigenvalue weighted by Gasteiger charge is -2.56. The van der Waals surface area contributed by atoms with Crippen molar-refractivity contribution >= 4 is 28.6 Å². The lowest BCUT2D eigenvalue weighted by Crippen LogP contribution is -2.60. The zero-order valence-corrected chi connectivity index (χ0v) is 15.2. The third-order valence-corrected chi connectivity index (χ3v) is 7.30. The van der Waals surface area contributed by atoms with Crippen LogP contribution in [0.15, 0.2) is 41.4 Å². The van der Waals surface area contributed by atoms with Gasteiger partial charge in [0.1, 0.15) is 0 Å². The van der Waals surface area contributed by atoms with Gasteiger partial charge >= 0.3 is 0 Å². The Hall–Kier alpha value is -1.55. The third kappa shape index (κ3) is 3.05. The Labute approximate surface area is 153 Å². The van der Waals surface area contributed by atoms with Crippen LogP contribution in [-0.2, 0) is 4.79 Å². The first-order valence-electron chi connectivity index (χ1n) is 9.47. The van der Waals surface area contributed by atoms with Crippen LogP contribution in [0.3, 0.4) is 0 Å². The Morgan fingerprint density at radius 3 is 2.44 bits per heavy atom. The standard InChI is InChI=1S/C21H24N2OS/c24-19(13-25-20-6-5-17-3-1-2-4-18(17)22-20)23-21-10-14-7-15(11-21)9-16(8-14)12-21/h1-6,14-16H,7-13H2,(H,23,24). The summed E-state index contributed by atoms with van der Waals surface area (Å²) in [5.74, 6) is 3.23. The first-order chi connectivity index (χ1) is 12.2. The highest BCUT2D eigenvalue weighted by atomic mass is 32.2.